The van der Waals surface area contributed by atoms with E-state index in [9.17, 15) is 0 Å². The fourth-order valence-corrected chi connectivity index (χ4v) is 2.15. The van der Waals surface area contributed by atoms with Gasteiger partial charge in [-0.3, -0.25) is 4.98 Å². The van der Waals surface area contributed by atoms with Gasteiger partial charge in [-0.1, -0.05) is 0 Å². The van der Waals surface area contributed by atoms with Crippen LogP contribution in [0, 0.1) is 6.92 Å². The monoisotopic (exact) mass is 249 g/mol. The summed E-state index contributed by atoms with van der Waals surface area (Å²) in [7, 11) is 1.65. The van der Waals surface area contributed by atoms with Gasteiger partial charge in [-0.25, -0.2) is 4.98 Å². The zero-order valence-electron chi connectivity index (χ0n) is 9.93. The number of rotatable bonds is 5. The van der Waals surface area contributed by atoms with Crippen molar-refractivity contribution < 1.29 is 4.74 Å². The lowest BCUT2D eigenvalue weighted by Crippen LogP contribution is -2.06. The fourth-order valence-electron chi connectivity index (χ4n) is 1.53. The molecular formula is C12H15N3OS. The van der Waals surface area contributed by atoms with Gasteiger partial charge in [0.15, 0.2) is 5.75 Å². The number of hydrogen-bond donors (Lipinski definition) is 1. The molecule has 2 aromatic heterocycles. The number of thiazole rings is 1. The van der Waals surface area contributed by atoms with E-state index in [4.69, 9.17) is 4.74 Å². The van der Waals surface area contributed by atoms with Crippen molar-refractivity contribution in [2.75, 3.05) is 19.0 Å². The Balaban J connectivity index is 1.96. The Morgan fingerprint density at radius 3 is 3.00 bits per heavy atom. The summed E-state index contributed by atoms with van der Waals surface area (Å²) in [6.07, 6.45) is 4.49. The van der Waals surface area contributed by atoms with E-state index in [1.807, 2.05) is 24.6 Å². The van der Waals surface area contributed by atoms with Gasteiger partial charge in [0.05, 0.1) is 24.0 Å². The van der Waals surface area contributed by atoms with Crippen LogP contribution in [0.4, 0.5) is 5.69 Å². The highest BCUT2D eigenvalue weighted by Gasteiger charge is 2.03. The molecule has 5 heteroatoms. The maximum atomic E-state index is 5.25. The molecule has 0 amide bonds. The summed E-state index contributed by atoms with van der Waals surface area (Å²) in [4.78, 5) is 8.44. The van der Waals surface area contributed by atoms with E-state index >= 15 is 0 Å². The van der Waals surface area contributed by atoms with E-state index in [0.717, 1.165) is 35.1 Å². The summed E-state index contributed by atoms with van der Waals surface area (Å²) in [5.41, 5.74) is 1.96. The largest absolute Gasteiger partial charge is 0.493 e. The van der Waals surface area contributed by atoms with Gasteiger partial charge in [0.25, 0.3) is 0 Å². The molecular weight excluding hydrogens is 234 g/mol. The van der Waals surface area contributed by atoms with E-state index in [0.29, 0.717) is 0 Å². The number of anilines is 1. The fraction of sp³-hybridized carbons (Fsp3) is 0.333. The van der Waals surface area contributed by atoms with Gasteiger partial charge in [-0.05, 0) is 13.0 Å². The summed E-state index contributed by atoms with van der Waals surface area (Å²) in [6, 6.07) is 1.99. The molecule has 0 atom stereocenters. The molecule has 4 nitrogen and oxygen atoms in total. The van der Waals surface area contributed by atoms with Crippen molar-refractivity contribution >= 4 is 17.0 Å². The normalized spacial score (nSPS) is 10.2. The Bertz CT molecular complexity index is 471. The molecule has 0 aliphatic carbocycles. The standard InChI is InChI=1S/C12H15N3OS/c1-9-7-10(11(16-2)8-15-9)13-4-3-12-14-5-6-17-12/h5-8H,3-4H2,1-2H3,(H,13,15). The molecule has 2 heterocycles. The molecule has 90 valence electrons. The Morgan fingerprint density at radius 2 is 2.29 bits per heavy atom. The minimum atomic E-state index is 0.773. The Labute approximate surface area is 105 Å². The van der Waals surface area contributed by atoms with Crippen molar-refractivity contribution in [3.63, 3.8) is 0 Å². The minimum Gasteiger partial charge on any atom is -0.493 e. The van der Waals surface area contributed by atoms with E-state index in [2.05, 4.69) is 15.3 Å². The molecule has 0 saturated heterocycles. The van der Waals surface area contributed by atoms with Crippen LogP contribution in [-0.2, 0) is 6.42 Å². The molecule has 0 aliphatic heterocycles. The molecule has 17 heavy (non-hydrogen) atoms. The highest BCUT2D eigenvalue weighted by molar-refractivity contribution is 7.09. The number of nitrogens with zero attached hydrogens (tertiary/aromatic N) is 2. The van der Waals surface area contributed by atoms with Crippen molar-refractivity contribution in [1.29, 1.82) is 0 Å². The van der Waals surface area contributed by atoms with Crippen molar-refractivity contribution in [3.05, 3.63) is 34.5 Å². The quantitative estimate of drug-likeness (QED) is 0.884. The minimum absolute atomic E-state index is 0.773. The summed E-state index contributed by atoms with van der Waals surface area (Å²) in [5, 5.41) is 6.48. The third kappa shape index (κ3) is 3.17. The highest BCUT2D eigenvalue weighted by Crippen LogP contribution is 2.23. The highest BCUT2D eigenvalue weighted by atomic mass is 32.1. The van der Waals surface area contributed by atoms with Crippen LogP contribution in [-0.4, -0.2) is 23.6 Å². The Kier molecular flexibility index (Phi) is 3.93. The maximum Gasteiger partial charge on any atom is 0.160 e. The number of aromatic nitrogens is 2. The molecule has 0 saturated carbocycles. The number of nitrogens with one attached hydrogen (secondary N) is 1. The zero-order chi connectivity index (χ0) is 12.1. The second-order valence-electron chi connectivity index (χ2n) is 3.63. The number of pyridine rings is 1. The van der Waals surface area contributed by atoms with E-state index in [1.54, 1.807) is 24.6 Å². The van der Waals surface area contributed by atoms with Crippen LogP contribution < -0.4 is 10.1 Å². The second kappa shape index (κ2) is 5.63. The van der Waals surface area contributed by atoms with Crippen LogP contribution in [0.5, 0.6) is 5.75 Å². The topological polar surface area (TPSA) is 47.0 Å². The van der Waals surface area contributed by atoms with E-state index in [-0.39, 0.29) is 0 Å². The molecule has 1 N–H and O–H groups in total. The van der Waals surface area contributed by atoms with Crippen molar-refractivity contribution in [2.24, 2.45) is 0 Å². The first kappa shape index (κ1) is 11.9. The van der Waals surface area contributed by atoms with Gasteiger partial charge >= 0.3 is 0 Å². The van der Waals surface area contributed by atoms with Gasteiger partial charge < -0.3 is 10.1 Å². The van der Waals surface area contributed by atoms with Crippen molar-refractivity contribution in [2.45, 2.75) is 13.3 Å². The Hall–Kier alpha value is -1.62. The lowest BCUT2D eigenvalue weighted by atomic mass is 10.3. The average molecular weight is 249 g/mol. The predicted molar refractivity (Wildman–Crippen MR) is 69.8 cm³/mol. The van der Waals surface area contributed by atoms with Gasteiger partial charge in [0.2, 0.25) is 0 Å². The van der Waals surface area contributed by atoms with Gasteiger partial charge in [0.1, 0.15) is 0 Å². The first-order valence-electron chi connectivity index (χ1n) is 5.42. The van der Waals surface area contributed by atoms with Crippen LogP contribution in [0.15, 0.2) is 23.8 Å². The number of ether oxygens (including phenoxy) is 1. The summed E-state index contributed by atoms with van der Waals surface area (Å²) in [6.45, 7) is 2.80. The third-order valence-electron chi connectivity index (χ3n) is 2.36. The van der Waals surface area contributed by atoms with E-state index < -0.39 is 0 Å². The molecule has 0 radical (unpaired) electrons. The third-order valence-corrected chi connectivity index (χ3v) is 3.20. The Morgan fingerprint density at radius 1 is 1.41 bits per heavy atom. The first-order chi connectivity index (χ1) is 8.29. The van der Waals surface area contributed by atoms with Gasteiger partial charge in [-0.2, -0.15) is 0 Å². The molecule has 0 unspecified atom stereocenters. The van der Waals surface area contributed by atoms with Gasteiger partial charge in [0, 0.05) is 30.2 Å². The predicted octanol–water partition coefficient (Wildman–Crippen LogP) is 2.51. The summed E-state index contributed by atoms with van der Waals surface area (Å²) < 4.78 is 5.25. The second-order valence-corrected chi connectivity index (χ2v) is 4.61. The summed E-state index contributed by atoms with van der Waals surface area (Å²) in [5.74, 6) is 0.773. The van der Waals surface area contributed by atoms with Crippen molar-refractivity contribution in [1.82, 2.24) is 9.97 Å². The van der Waals surface area contributed by atoms with E-state index in [1.165, 1.54) is 0 Å². The lowest BCUT2D eigenvalue weighted by Gasteiger charge is -2.10. The molecule has 0 aromatic carbocycles. The van der Waals surface area contributed by atoms with Gasteiger partial charge in [-0.15, -0.1) is 11.3 Å². The van der Waals surface area contributed by atoms with Crippen LogP contribution in [0.2, 0.25) is 0 Å². The van der Waals surface area contributed by atoms with Crippen molar-refractivity contribution in [3.8, 4) is 5.75 Å². The number of methoxy groups -OCH3 is 1. The summed E-state index contributed by atoms with van der Waals surface area (Å²) >= 11 is 1.68. The number of aryl methyl sites for hydroxylation is 1. The SMILES string of the molecule is COc1cnc(C)cc1NCCc1nccs1. The van der Waals surface area contributed by atoms with Crippen LogP contribution in [0.1, 0.15) is 10.7 Å². The maximum absolute atomic E-state index is 5.25. The van der Waals surface area contributed by atoms with Crippen LogP contribution >= 0.6 is 11.3 Å². The smallest absolute Gasteiger partial charge is 0.160 e. The van der Waals surface area contributed by atoms with Crippen LogP contribution in [0.3, 0.4) is 0 Å². The lowest BCUT2D eigenvalue weighted by molar-refractivity contribution is 0.414. The molecule has 2 rings (SSSR count). The molecule has 2 aromatic rings. The molecule has 0 aliphatic rings. The number of hydrogen-bond acceptors (Lipinski definition) is 5. The zero-order valence-corrected chi connectivity index (χ0v) is 10.8. The van der Waals surface area contributed by atoms with Crippen LogP contribution in [0.25, 0.3) is 0 Å². The molecule has 0 spiro atoms. The average Bonchev–Trinajstić information content (AvgIpc) is 2.82. The molecule has 0 fully saturated rings. The molecule has 0 bridgehead atoms. The first-order valence-corrected chi connectivity index (χ1v) is 6.30.